The first kappa shape index (κ1) is 22.5. The lowest BCUT2D eigenvalue weighted by atomic mass is 10.0. The molecule has 0 N–H and O–H groups in total. The van der Waals surface area contributed by atoms with Gasteiger partial charge in [-0.2, -0.15) is 0 Å². The molecule has 33 heavy (non-hydrogen) atoms. The molecule has 0 radical (unpaired) electrons. The first-order valence-electron chi connectivity index (χ1n) is 10.3. The number of aryl methyl sites for hydroxylation is 1. The Labute approximate surface area is 188 Å². The Morgan fingerprint density at radius 1 is 1.06 bits per heavy atom. The molecule has 0 spiro atoms. The summed E-state index contributed by atoms with van der Waals surface area (Å²) in [7, 11) is 1.60. The van der Waals surface area contributed by atoms with Crippen LogP contribution in [0.2, 0.25) is 0 Å². The molecule has 7 nitrogen and oxygen atoms in total. The summed E-state index contributed by atoms with van der Waals surface area (Å²) >= 11 is 0. The van der Waals surface area contributed by atoms with Crippen molar-refractivity contribution in [2.45, 2.75) is 13.3 Å². The van der Waals surface area contributed by atoms with E-state index in [0.717, 1.165) is 11.4 Å². The second kappa shape index (κ2) is 9.05. The molecule has 10 heteroatoms. The van der Waals surface area contributed by atoms with Crippen LogP contribution in [0.4, 0.5) is 18.9 Å². The molecule has 0 unspecified atom stereocenters. The van der Waals surface area contributed by atoms with Gasteiger partial charge in [0.25, 0.3) is 5.91 Å². The lowest BCUT2D eigenvalue weighted by Gasteiger charge is -2.36. The molecule has 3 aromatic rings. The van der Waals surface area contributed by atoms with Crippen molar-refractivity contribution in [2.24, 2.45) is 0 Å². The average Bonchev–Trinajstić information content (AvgIpc) is 3.19. The topological polar surface area (TPSA) is 68.0 Å². The van der Waals surface area contributed by atoms with Crippen LogP contribution in [0.25, 0.3) is 11.3 Å². The third kappa shape index (κ3) is 4.89. The summed E-state index contributed by atoms with van der Waals surface area (Å²) in [6, 6.07) is 13.2. The smallest absolute Gasteiger partial charge is 0.497 e. The molecule has 1 aliphatic rings. The maximum absolute atomic E-state index is 13.3. The van der Waals surface area contributed by atoms with Crippen molar-refractivity contribution >= 4 is 11.6 Å². The van der Waals surface area contributed by atoms with Crippen molar-refractivity contribution in [3.63, 3.8) is 0 Å². The number of carbonyl (C=O) groups excluding carboxylic acids is 1. The van der Waals surface area contributed by atoms with Crippen LogP contribution in [-0.2, 0) is 0 Å². The summed E-state index contributed by atoms with van der Waals surface area (Å²) in [5, 5.41) is 3.88. The van der Waals surface area contributed by atoms with Gasteiger partial charge in [-0.05, 0) is 31.2 Å². The Hall–Kier alpha value is -3.69. The van der Waals surface area contributed by atoms with E-state index in [1.807, 2.05) is 24.3 Å². The maximum Gasteiger partial charge on any atom is 0.573 e. The summed E-state index contributed by atoms with van der Waals surface area (Å²) in [5.74, 6) is 0.175. The van der Waals surface area contributed by atoms with E-state index in [1.54, 1.807) is 25.0 Å². The molecule has 0 saturated carbocycles. The van der Waals surface area contributed by atoms with E-state index in [1.165, 1.54) is 18.2 Å². The quantitative estimate of drug-likeness (QED) is 0.557. The number of hydrogen-bond acceptors (Lipinski definition) is 6. The number of amides is 1. The fraction of sp³-hybridized carbons (Fsp3) is 0.304. The van der Waals surface area contributed by atoms with Crippen molar-refractivity contribution in [1.29, 1.82) is 0 Å². The highest BCUT2D eigenvalue weighted by Crippen LogP contribution is 2.36. The first-order chi connectivity index (χ1) is 15.8. The molecule has 2 aromatic carbocycles. The standard InChI is InChI=1S/C23H22F3N3O4/c1-15-20(21(27-33-15)18-8-3-4-9-19(18)32-23(24,25)26)22(30)29-12-10-28(11-13-29)16-6-5-7-17(14-16)31-2/h3-9,14H,10-13H2,1-2H3. The lowest BCUT2D eigenvalue weighted by molar-refractivity contribution is -0.274. The molecule has 1 amide bonds. The summed E-state index contributed by atoms with van der Waals surface area (Å²) < 4.78 is 53.2. The van der Waals surface area contributed by atoms with Crippen molar-refractivity contribution in [3.05, 3.63) is 59.9 Å². The lowest BCUT2D eigenvalue weighted by Crippen LogP contribution is -2.49. The van der Waals surface area contributed by atoms with Crippen molar-refractivity contribution < 1.29 is 32.0 Å². The number of hydrogen-bond donors (Lipinski definition) is 0. The van der Waals surface area contributed by atoms with Gasteiger partial charge in [0.2, 0.25) is 0 Å². The number of para-hydroxylation sites is 1. The van der Waals surface area contributed by atoms with Crippen LogP contribution in [0.5, 0.6) is 11.5 Å². The van der Waals surface area contributed by atoms with Gasteiger partial charge in [-0.15, -0.1) is 13.2 Å². The largest absolute Gasteiger partial charge is 0.573 e. The number of anilines is 1. The molecule has 0 bridgehead atoms. The number of rotatable bonds is 5. The summed E-state index contributed by atoms with van der Waals surface area (Å²) in [4.78, 5) is 17.1. The molecule has 174 valence electrons. The van der Waals surface area contributed by atoms with E-state index in [-0.39, 0.29) is 28.5 Å². The average molecular weight is 461 g/mol. The zero-order valence-electron chi connectivity index (χ0n) is 18.1. The Kier molecular flexibility index (Phi) is 6.17. The minimum absolute atomic E-state index is 0.0209. The van der Waals surface area contributed by atoms with Crippen molar-refractivity contribution in [2.75, 3.05) is 38.2 Å². The van der Waals surface area contributed by atoms with Gasteiger partial charge in [0.1, 0.15) is 28.5 Å². The summed E-state index contributed by atoms with van der Waals surface area (Å²) in [5.41, 5.74) is 1.17. The Balaban J connectivity index is 1.55. The number of ether oxygens (including phenoxy) is 2. The number of nitrogens with zero attached hydrogens (tertiary/aromatic N) is 3. The molecule has 1 aliphatic heterocycles. The van der Waals surface area contributed by atoms with Gasteiger partial charge in [0.15, 0.2) is 0 Å². The predicted molar refractivity (Wildman–Crippen MR) is 114 cm³/mol. The second-order valence-electron chi connectivity index (χ2n) is 7.49. The van der Waals surface area contributed by atoms with Crippen LogP contribution in [0.15, 0.2) is 53.1 Å². The van der Waals surface area contributed by atoms with E-state index in [4.69, 9.17) is 9.26 Å². The van der Waals surface area contributed by atoms with Gasteiger partial charge < -0.3 is 23.8 Å². The van der Waals surface area contributed by atoms with E-state index >= 15 is 0 Å². The number of alkyl halides is 3. The zero-order valence-corrected chi connectivity index (χ0v) is 18.1. The number of aromatic nitrogens is 1. The summed E-state index contributed by atoms with van der Waals surface area (Å²) in [6.07, 6.45) is -4.88. The minimum atomic E-state index is -4.88. The highest BCUT2D eigenvalue weighted by Gasteiger charge is 2.34. The number of carbonyl (C=O) groups is 1. The van der Waals surface area contributed by atoms with Gasteiger partial charge in [-0.3, -0.25) is 4.79 Å². The molecular formula is C23H22F3N3O4. The number of benzene rings is 2. The first-order valence-corrected chi connectivity index (χ1v) is 10.3. The zero-order chi connectivity index (χ0) is 23.6. The monoisotopic (exact) mass is 461 g/mol. The number of methoxy groups -OCH3 is 1. The van der Waals surface area contributed by atoms with Gasteiger partial charge in [0.05, 0.1) is 7.11 Å². The molecule has 1 aromatic heterocycles. The van der Waals surface area contributed by atoms with Crippen LogP contribution < -0.4 is 14.4 Å². The molecule has 0 aliphatic carbocycles. The van der Waals surface area contributed by atoms with Crippen LogP contribution in [0.1, 0.15) is 16.1 Å². The third-order valence-electron chi connectivity index (χ3n) is 5.43. The van der Waals surface area contributed by atoms with Crippen molar-refractivity contribution in [1.82, 2.24) is 10.1 Å². The normalized spacial score (nSPS) is 14.3. The van der Waals surface area contributed by atoms with Crippen LogP contribution in [-0.4, -0.2) is 55.6 Å². The van der Waals surface area contributed by atoms with E-state index in [2.05, 4.69) is 14.8 Å². The second-order valence-corrected chi connectivity index (χ2v) is 7.49. The minimum Gasteiger partial charge on any atom is -0.497 e. The Bertz CT molecular complexity index is 1140. The van der Waals surface area contributed by atoms with Crippen molar-refractivity contribution in [3.8, 4) is 22.8 Å². The molecule has 4 rings (SSSR count). The molecular weight excluding hydrogens is 439 g/mol. The molecule has 1 fully saturated rings. The third-order valence-corrected chi connectivity index (χ3v) is 5.43. The fourth-order valence-electron chi connectivity index (χ4n) is 3.82. The molecule has 0 atom stereocenters. The summed E-state index contributed by atoms with van der Waals surface area (Å²) in [6.45, 7) is 3.60. The fourth-order valence-corrected chi connectivity index (χ4v) is 3.82. The van der Waals surface area contributed by atoms with Gasteiger partial charge in [-0.1, -0.05) is 23.4 Å². The van der Waals surface area contributed by atoms with Crippen LogP contribution in [0, 0.1) is 6.92 Å². The highest BCUT2D eigenvalue weighted by molar-refractivity contribution is 6.01. The van der Waals surface area contributed by atoms with Gasteiger partial charge in [0, 0.05) is 43.5 Å². The molecule has 2 heterocycles. The SMILES string of the molecule is COc1cccc(N2CCN(C(=O)c3c(-c4ccccc4OC(F)(F)F)noc3C)CC2)c1. The Morgan fingerprint density at radius 2 is 1.79 bits per heavy atom. The number of halogens is 3. The van der Waals surface area contributed by atoms with E-state index in [9.17, 15) is 18.0 Å². The van der Waals surface area contributed by atoms with Gasteiger partial charge >= 0.3 is 6.36 Å². The van der Waals surface area contributed by atoms with E-state index in [0.29, 0.717) is 26.2 Å². The number of piperazine rings is 1. The van der Waals surface area contributed by atoms with Gasteiger partial charge in [-0.25, -0.2) is 0 Å². The van der Waals surface area contributed by atoms with Crippen LogP contribution in [0.3, 0.4) is 0 Å². The molecule has 1 saturated heterocycles. The highest BCUT2D eigenvalue weighted by atomic mass is 19.4. The Morgan fingerprint density at radius 3 is 2.48 bits per heavy atom. The van der Waals surface area contributed by atoms with E-state index < -0.39 is 12.1 Å². The maximum atomic E-state index is 13.3. The predicted octanol–water partition coefficient (Wildman–Crippen LogP) is 4.52. The van der Waals surface area contributed by atoms with Crippen LogP contribution >= 0.6 is 0 Å².